The Morgan fingerprint density at radius 2 is 1.15 bits per heavy atom. The smallest absolute Gasteiger partial charge is 0.184 e. The molecule has 9 rings (SSSR count). The second kappa shape index (κ2) is 19.6. The molecule has 5 nitrogen and oxygen atoms in total. The third-order valence-electron chi connectivity index (χ3n) is 11.1. The third-order valence-corrected chi connectivity index (χ3v) is 11.1. The molecule has 1 radical (unpaired) electrons. The Kier molecular flexibility index (Phi) is 13.0. The summed E-state index contributed by atoms with van der Waals surface area (Å²) >= 11 is 0. The molecule has 2 aliphatic rings. The number of nitrogens with zero attached hydrogens (tertiary/aromatic N) is 1. The van der Waals surface area contributed by atoms with E-state index in [9.17, 15) is 0 Å². The fraction of sp³-hybridized carbons (Fsp3) is 0.0833. The van der Waals surface area contributed by atoms with Crippen LogP contribution < -0.4 is 18.9 Å². The second-order valence-corrected chi connectivity index (χ2v) is 14.5. The summed E-state index contributed by atoms with van der Waals surface area (Å²) < 4.78 is 24.8. The maximum atomic E-state index is 6.35. The summed E-state index contributed by atoms with van der Waals surface area (Å²) in [6.45, 7) is 3.45. The molecular formula is C60H32IrNO4-. The van der Waals surface area contributed by atoms with Crippen molar-refractivity contribution in [2.45, 2.75) is 19.3 Å². The largest absolute Gasteiger partial charge is 0.477 e. The van der Waals surface area contributed by atoms with Crippen molar-refractivity contribution < 1.29 is 39.1 Å². The number of terminal acetylenes is 2. The van der Waals surface area contributed by atoms with E-state index in [0.717, 1.165) is 77.7 Å². The average molecular weight is 1020 g/mol. The van der Waals surface area contributed by atoms with Gasteiger partial charge in [0.05, 0.1) is 5.41 Å². The number of benzene rings is 6. The zero-order valence-corrected chi connectivity index (χ0v) is 37.9. The fourth-order valence-corrected chi connectivity index (χ4v) is 8.62. The van der Waals surface area contributed by atoms with Crippen molar-refractivity contribution in [1.82, 2.24) is 4.98 Å². The molecule has 66 heavy (non-hydrogen) atoms. The number of ether oxygens (including phenoxy) is 4. The first-order valence-electron chi connectivity index (χ1n) is 20.4. The van der Waals surface area contributed by atoms with Crippen LogP contribution in [0.2, 0.25) is 0 Å². The van der Waals surface area contributed by atoms with Crippen molar-refractivity contribution in [1.29, 1.82) is 0 Å². The number of hydrogen-bond donors (Lipinski definition) is 0. The van der Waals surface area contributed by atoms with Crippen LogP contribution in [0, 0.1) is 102 Å². The van der Waals surface area contributed by atoms with Crippen LogP contribution in [0.15, 0.2) is 121 Å². The van der Waals surface area contributed by atoms with Gasteiger partial charge in [0.1, 0.15) is 25.4 Å². The van der Waals surface area contributed by atoms with Gasteiger partial charge < -0.3 is 23.9 Å². The van der Waals surface area contributed by atoms with E-state index in [0.29, 0.717) is 23.0 Å². The number of hydrogen-bond acceptors (Lipinski definition) is 5. The van der Waals surface area contributed by atoms with Crippen molar-refractivity contribution in [3.8, 4) is 164 Å². The van der Waals surface area contributed by atoms with Gasteiger partial charge in [-0.15, -0.1) is 48.2 Å². The van der Waals surface area contributed by atoms with Gasteiger partial charge in [-0.25, -0.2) is 0 Å². The summed E-state index contributed by atoms with van der Waals surface area (Å²) in [5.41, 5.74) is 10.7. The molecule has 1 atom stereocenters. The zero-order valence-electron chi connectivity index (χ0n) is 35.5. The summed E-state index contributed by atoms with van der Waals surface area (Å²) in [5, 5.41) is 2.18. The van der Waals surface area contributed by atoms with E-state index in [2.05, 4.69) is 156 Å². The van der Waals surface area contributed by atoms with E-state index in [1.807, 2.05) is 54.7 Å². The third kappa shape index (κ3) is 7.97. The Labute approximate surface area is 398 Å². The van der Waals surface area contributed by atoms with E-state index in [1.54, 1.807) is 13.8 Å². The molecule has 0 bridgehead atoms. The molecule has 6 heteroatoms. The summed E-state index contributed by atoms with van der Waals surface area (Å²) in [6, 6.07) is 42.9. The van der Waals surface area contributed by atoms with E-state index in [1.165, 1.54) is 0 Å². The van der Waals surface area contributed by atoms with Crippen LogP contribution in [0.5, 0.6) is 23.0 Å². The first-order valence-corrected chi connectivity index (χ1v) is 20.4. The molecule has 1 aromatic heterocycles. The van der Waals surface area contributed by atoms with Gasteiger partial charge in [0, 0.05) is 38.1 Å². The Bertz CT molecular complexity index is 3610. The summed E-state index contributed by atoms with van der Waals surface area (Å²) in [4.78, 5) is 4.79. The SMILES string of the molecule is C#CC#CCOc1cc2c(cc1OCC#CC#C)C1(c3ccccc3-c3cc(-c4cc[c-]c(-c5nccc6ccccc56)c4)ccc31)c1cc(OC#CC#CC)c(OC#CC#CC)cc1-2.[Ir]. The Hall–Kier alpha value is -8.94. The molecule has 1 spiro atoms. The van der Waals surface area contributed by atoms with Gasteiger partial charge in [-0.1, -0.05) is 72.5 Å². The van der Waals surface area contributed by atoms with E-state index < -0.39 is 5.41 Å². The molecule has 6 aromatic carbocycles. The van der Waals surface area contributed by atoms with Gasteiger partial charge in [-0.2, -0.15) is 0 Å². The molecule has 0 saturated heterocycles. The molecule has 0 aliphatic heterocycles. The van der Waals surface area contributed by atoms with E-state index in [-0.39, 0.29) is 33.3 Å². The minimum atomic E-state index is -0.894. The summed E-state index contributed by atoms with van der Waals surface area (Å²) in [7, 11) is 0. The monoisotopic (exact) mass is 1020 g/mol. The fourth-order valence-electron chi connectivity index (χ4n) is 8.62. The van der Waals surface area contributed by atoms with Crippen molar-refractivity contribution in [3.05, 3.63) is 150 Å². The van der Waals surface area contributed by atoms with Gasteiger partial charge in [0.15, 0.2) is 23.0 Å². The standard InChI is InChI=1S/C60H32NO4.Ir/c1-5-9-17-32-62-55-38-49-50-39-56(63-33-18-10-6-2)58(65-35-20-12-8-4)41-54(50)60(53(49)40-57(55)64-34-19-11-7-3)51-27-16-15-26-47(51)48-37-44(28-29-52(48)60)43-23-21-24-45(36-43)59-46-25-14-13-22-42(46)30-31-61-59;/h1,3,13-16,21-23,25-31,36-41H,32,34H2,2,4H3;/q-1;. The van der Waals surface area contributed by atoms with Crippen molar-refractivity contribution in [3.63, 3.8) is 0 Å². The average Bonchev–Trinajstić information content (AvgIpc) is 3.79. The first-order chi connectivity index (χ1) is 32.1. The first kappa shape index (κ1) is 43.7. The Morgan fingerprint density at radius 3 is 1.86 bits per heavy atom. The predicted octanol–water partition coefficient (Wildman–Crippen LogP) is 10.5. The number of rotatable bonds is 8. The number of aromatic nitrogens is 1. The minimum absolute atomic E-state index is 0. The molecule has 1 unspecified atom stereocenters. The van der Waals surface area contributed by atoms with Crippen LogP contribution in [0.3, 0.4) is 0 Å². The van der Waals surface area contributed by atoms with Crippen LogP contribution in [0.4, 0.5) is 0 Å². The molecule has 311 valence electrons. The molecule has 7 aromatic rings. The van der Waals surface area contributed by atoms with Gasteiger partial charge in [-0.3, -0.25) is 0 Å². The summed E-state index contributed by atoms with van der Waals surface area (Å²) in [6.07, 6.45) is 18.2. The zero-order chi connectivity index (χ0) is 44.6. The normalized spacial score (nSPS) is 12.3. The van der Waals surface area contributed by atoms with Crippen LogP contribution in [-0.2, 0) is 25.5 Å². The molecular weight excluding hydrogens is 991 g/mol. The maximum Gasteiger partial charge on any atom is 0.184 e. The maximum absolute atomic E-state index is 6.35. The molecule has 0 N–H and O–H groups in total. The Morgan fingerprint density at radius 1 is 0.561 bits per heavy atom. The molecule has 0 amide bonds. The van der Waals surface area contributed by atoms with Crippen LogP contribution in [-0.4, -0.2) is 18.2 Å². The van der Waals surface area contributed by atoms with Crippen molar-refractivity contribution >= 4 is 10.8 Å². The van der Waals surface area contributed by atoms with Gasteiger partial charge in [0.2, 0.25) is 0 Å². The second-order valence-electron chi connectivity index (χ2n) is 14.5. The van der Waals surface area contributed by atoms with Gasteiger partial charge in [-0.05, 0) is 164 Å². The minimum Gasteiger partial charge on any atom is -0.477 e. The molecule has 0 saturated carbocycles. The quantitative estimate of drug-likeness (QED) is 0.112. The van der Waals surface area contributed by atoms with Gasteiger partial charge >= 0.3 is 0 Å². The van der Waals surface area contributed by atoms with Crippen LogP contribution in [0.1, 0.15) is 36.1 Å². The number of pyridine rings is 1. The molecule has 1 heterocycles. The molecule has 0 fully saturated rings. The van der Waals surface area contributed by atoms with Crippen LogP contribution in [0.25, 0.3) is 55.4 Å². The van der Waals surface area contributed by atoms with Crippen molar-refractivity contribution in [2.24, 2.45) is 0 Å². The van der Waals surface area contributed by atoms with E-state index in [4.69, 9.17) is 36.8 Å². The summed E-state index contributed by atoms with van der Waals surface area (Å²) in [5.74, 6) is 33.7. The van der Waals surface area contributed by atoms with Crippen LogP contribution >= 0.6 is 0 Å². The van der Waals surface area contributed by atoms with Crippen molar-refractivity contribution in [2.75, 3.05) is 13.2 Å². The Balaban J connectivity index is 0.00000592. The topological polar surface area (TPSA) is 49.8 Å². The molecule has 2 aliphatic carbocycles. The predicted molar refractivity (Wildman–Crippen MR) is 256 cm³/mol. The van der Waals surface area contributed by atoms with Gasteiger partial charge in [0.25, 0.3) is 0 Å². The van der Waals surface area contributed by atoms with E-state index >= 15 is 0 Å². The number of fused-ring (bicyclic) bond motifs is 11.